The Morgan fingerprint density at radius 3 is 2.56 bits per heavy atom. The number of carbonyl (C=O) groups is 2. The van der Waals surface area contributed by atoms with Crippen molar-refractivity contribution in [1.82, 2.24) is 5.32 Å². The zero-order valence-electron chi connectivity index (χ0n) is 9.94. The van der Waals surface area contributed by atoms with Gasteiger partial charge < -0.3 is 15.7 Å². The minimum Gasteiger partial charge on any atom is -0.394 e. The van der Waals surface area contributed by atoms with E-state index in [2.05, 4.69) is 10.6 Å². The predicted molar refractivity (Wildman–Crippen MR) is 69.4 cm³/mol. The van der Waals surface area contributed by atoms with Crippen molar-refractivity contribution in [1.29, 1.82) is 0 Å². The second-order valence-corrected chi connectivity index (χ2v) is 4.10. The molecule has 1 aromatic carbocycles. The van der Waals surface area contributed by atoms with Crippen molar-refractivity contribution in [3.63, 3.8) is 0 Å². The minimum atomic E-state index is -0.810. The standard InChI is InChI=1S/C12H15ClN2O3/c1-2-8(7-16)14-11(17)12(18)15-10-6-4-3-5-9(10)13/h3-6,8,16H,2,7H2,1H3,(H,14,17)(H,15,18)/t8-/m0/s1. The van der Waals surface area contributed by atoms with E-state index in [1.54, 1.807) is 31.2 Å². The minimum absolute atomic E-state index is 0.207. The average Bonchev–Trinajstić information content (AvgIpc) is 2.38. The van der Waals surface area contributed by atoms with Crippen LogP contribution < -0.4 is 10.6 Å². The molecule has 1 atom stereocenters. The van der Waals surface area contributed by atoms with Crippen LogP contribution in [0.15, 0.2) is 24.3 Å². The second kappa shape index (κ2) is 6.98. The summed E-state index contributed by atoms with van der Waals surface area (Å²) in [5.41, 5.74) is 0.372. The lowest BCUT2D eigenvalue weighted by Crippen LogP contribution is -2.43. The summed E-state index contributed by atoms with van der Waals surface area (Å²) in [5.74, 6) is -1.61. The first-order valence-electron chi connectivity index (χ1n) is 5.55. The van der Waals surface area contributed by atoms with Gasteiger partial charge in [0, 0.05) is 0 Å². The summed E-state index contributed by atoms with van der Waals surface area (Å²) in [5, 5.41) is 14.1. The molecular formula is C12H15ClN2O3. The molecule has 2 amide bonds. The number of carbonyl (C=O) groups excluding carboxylic acids is 2. The summed E-state index contributed by atoms with van der Waals surface area (Å²) in [6, 6.07) is 6.20. The van der Waals surface area contributed by atoms with E-state index in [0.717, 1.165) is 0 Å². The molecule has 6 heteroatoms. The summed E-state index contributed by atoms with van der Waals surface area (Å²) in [6.45, 7) is 1.59. The Kier molecular flexibility index (Phi) is 5.61. The van der Waals surface area contributed by atoms with Gasteiger partial charge in [0.05, 0.1) is 23.4 Å². The Bertz CT molecular complexity index is 433. The van der Waals surface area contributed by atoms with Crippen molar-refractivity contribution in [2.24, 2.45) is 0 Å². The van der Waals surface area contributed by atoms with Gasteiger partial charge in [-0.3, -0.25) is 9.59 Å². The Morgan fingerprint density at radius 1 is 1.33 bits per heavy atom. The van der Waals surface area contributed by atoms with E-state index in [9.17, 15) is 9.59 Å². The van der Waals surface area contributed by atoms with E-state index >= 15 is 0 Å². The van der Waals surface area contributed by atoms with Gasteiger partial charge in [-0.2, -0.15) is 0 Å². The number of benzene rings is 1. The number of halogens is 1. The molecule has 0 unspecified atom stereocenters. The summed E-state index contributed by atoms with van der Waals surface area (Å²) in [6.07, 6.45) is 0.543. The van der Waals surface area contributed by atoms with Crippen LogP contribution >= 0.6 is 11.6 Å². The summed E-state index contributed by atoms with van der Waals surface area (Å²) in [7, 11) is 0. The maximum absolute atomic E-state index is 11.6. The van der Waals surface area contributed by atoms with Crippen LogP contribution in [0.5, 0.6) is 0 Å². The first kappa shape index (κ1) is 14.5. The third-order valence-corrected chi connectivity index (χ3v) is 2.71. The number of aliphatic hydroxyl groups is 1. The van der Waals surface area contributed by atoms with Gasteiger partial charge in [-0.15, -0.1) is 0 Å². The molecular weight excluding hydrogens is 256 g/mol. The van der Waals surface area contributed by atoms with E-state index in [-0.39, 0.29) is 6.61 Å². The summed E-state index contributed by atoms with van der Waals surface area (Å²) < 4.78 is 0. The van der Waals surface area contributed by atoms with Gasteiger partial charge in [0.15, 0.2) is 0 Å². The van der Waals surface area contributed by atoms with Crippen molar-refractivity contribution in [2.45, 2.75) is 19.4 Å². The maximum atomic E-state index is 11.6. The number of hydrogen-bond acceptors (Lipinski definition) is 3. The Balaban J connectivity index is 2.61. The molecule has 0 aromatic heterocycles. The topological polar surface area (TPSA) is 78.4 Å². The molecule has 98 valence electrons. The normalized spacial score (nSPS) is 11.7. The number of anilines is 1. The first-order valence-corrected chi connectivity index (χ1v) is 5.93. The molecule has 0 fully saturated rings. The molecule has 5 nitrogen and oxygen atoms in total. The molecule has 0 radical (unpaired) electrons. The fourth-order valence-electron chi connectivity index (χ4n) is 1.27. The van der Waals surface area contributed by atoms with Crippen LogP contribution in [-0.4, -0.2) is 29.6 Å². The SMILES string of the molecule is CC[C@@H](CO)NC(=O)C(=O)Nc1ccccc1Cl. The highest BCUT2D eigenvalue weighted by Crippen LogP contribution is 2.20. The highest BCUT2D eigenvalue weighted by Gasteiger charge is 2.17. The largest absolute Gasteiger partial charge is 0.394 e. The van der Waals surface area contributed by atoms with Crippen LogP contribution in [0.25, 0.3) is 0 Å². The van der Waals surface area contributed by atoms with Gasteiger partial charge in [0.2, 0.25) is 0 Å². The van der Waals surface area contributed by atoms with Crippen molar-refractivity contribution in [3.8, 4) is 0 Å². The lowest BCUT2D eigenvalue weighted by molar-refractivity contribution is -0.136. The molecule has 0 saturated carbocycles. The Labute approximate surface area is 110 Å². The third-order valence-electron chi connectivity index (χ3n) is 2.38. The van der Waals surface area contributed by atoms with Crippen LogP contribution in [0.3, 0.4) is 0 Å². The molecule has 3 N–H and O–H groups in total. The molecule has 1 rings (SSSR count). The molecule has 0 aliphatic heterocycles. The molecule has 0 aliphatic carbocycles. The number of nitrogens with one attached hydrogen (secondary N) is 2. The quantitative estimate of drug-likeness (QED) is 0.719. The van der Waals surface area contributed by atoms with E-state index in [1.165, 1.54) is 0 Å². The number of rotatable bonds is 4. The van der Waals surface area contributed by atoms with Crippen LogP contribution in [-0.2, 0) is 9.59 Å². The Morgan fingerprint density at radius 2 is 2.00 bits per heavy atom. The lowest BCUT2D eigenvalue weighted by atomic mass is 10.2. The fraction of sp³-hybridized carbons (Fsp3) is 0.333. The summed E-state index contributed by atoms with van der Waals surface area (Å²) in [4.78, 5) is 23.1. The smallest absolute Gasteiger partial charge is 0.313 e. The second-order valence-electron chi connectivity index (χ2n) is 3.70. The van der Waals surface area contributed by atoms with Gasteiger partial charge in [0.25, 0.3) is 0 Å². The number of para-hydroxylation sites is 1. The van der Waals surface area contributed by atoms with Crippen molar-refractivity contribution in [3.05, 3.63) is 29.3 Å². The van der Waals surface area contributed by atoms with Crippen LogP contribution in [0.1, 0.15) is 13.3 Å². The maximum Gasteiger partial charge on any atom is 0.313 e. The lowest BCUT2D eigenvalue weighted by Gasteiger charge is -2.13. The number of aliphatic hydroxyl groups excluding tert-OH is 1. The van der Waals surface area contributed by atoms with E-state index in [4.69, 9.17) is 16.7 Å². The molecule has 18 heavy (non-hydrogen) atoms. The monoisotopic (exact) mass is 270 g/mol. The van der Waals surface area contributed by atoms with Crippen molar-refractivity contribution < 1.29 is 14.7 Å². The van der Waals surface area contributed by atoms with Crippen molar-refractivity contribution >= 4 is 29.1 Å². The average molecular weight is 271 g/mol. The van der Waals surface area contributed by atoms with Gasteiger partial charge in [-0.05, 0) is 18.6 Å². The number of hydrogen-bond donors (Lipinski definition) is 3. The van der Waals surface area contributed by atoms with Gasteiger partial charge in [0.1, 0.15) is 0 Å². The molecule has 0 saturated heterocycles. The molecule has 0 aliphatic rings. The van der Waals surface area contributed by atoms with Gasteiger partial charge >= 0.3 is 11.8 Å². The highest BCUT2D eigenvalue weighted by molar-refractivity contribution is 6.41. The predicted octanol–water partition coefficient (Wildman–Crippen LogP) is 1.17. The summed E-state index contributed by atoms with van der Waals surface area (Å²) >= 11 is 5.85. The van der Waals surface area contributed by atoms with E-state index in [0.29, 0.717) is 17.1 Å². The first-order chi connectivity index (χ1) is 8.58. The van der Waals surface area contributed by atoms with Crippen LogP contribution in [0.4, 0.5) is 5.69 Å². The Hall–Kier alpha value is -1.59. The fourth-order valence-corrected chi connectivity index (χ4v) is 1.45. The number of amides is 2. The zero-order valence-corrected chi connectivity index (χ0v) is 10.7. The van der Waals surface area contributed by atoms with Crippen LogP contribution in [0.2, 0.25) is 5.02 Å². The van der Waals surface area contributed by atoms with Crippen molar-refractivity contribution in [2.75, 3.05) is 11.9 Å². The molecule has 0 spiro atoms. The molecule has 1 aromatic rings. The van der Waals surface area contributed by atoms with E-state index < -0.39 is 17.9 Å². The van der Waals surface area contributed by atoms with Gasteiger partial charge in [-0.1, -0.05) is 30.7 Å². The van der Waals surface area contributed by atoms with Crippen LogP contribution in [0, 0.1) is 0 Å². The highest BCUT2D eigenvalue weighted by atomic mass is 35.5. The zero-order chi connectivity index (χ0) is 13.5. The van der Waals surface area contributed by atoms with Gasteiger partial charge in [-0.25, -0.2) is 0 Å². The third kappa shape index (κ3) is 4.01. The molecule has 0 bridgehead atoms. The molecule has 0 heterocycles. The van der Waals surface area contributed by atoms with E-state index in [1.807, 2.05) is 0 Å².